The molecular weight excluding hydrogens is 562 g/mol. The molecule has 2 aromatic heterocycles. The highest BCUT2D eigenvalue weighted by atomic mass is 35.5. The van der Waals surface area contributed by atoms with Crippen molar-refractivity contribution in [2.45, 2.75) is 12.6 Å². The molecule has 2 aromatic carbocycles. The molecule has 0 aliphatic carbocycles. The van der Waals surface area contributed by atoms with Crippen LogP contribution in [0.2, 0.25) is 10.0 Å². The van der Waals surface area contributed by atoms with Crippen molar-refractivity contribution in [3.63, 3.8) is 0 Å². The lowest BCUT2D eigenvalue weighted by molar-refractivity contribution is -0.141. The highest BCUT2D eigenvalue weighted by Gasteiger charge is 2.33. The maximum Gasteiger partial charge on any atom is 0.434 e. The smallest absolute Gasteiger partial charge is 0.434 e. The van der Waals surface area contributed by atoms with Crippen LogP contribution in [-0.2, 0) is 12.6 Å². The predicted molar refractivity (Wildman–Crippen MR) is 135 cm³/mol. The van der Waals surface area contributed by atoms with E-state index in [0.29, 0.717) is 6.07 Å². The van der Waals surface area contributed by atoms with Gasteiger partial charge >= 0.3 is 11.9 Å². The fourth-order valence-corrected chi connectivity index (χ4v) is 4.14. The SMILES string of the molecule is CN(C(=O)c1ccc(Cl)c(-c2cnc(C(F)(F)F)cc2C#N)c1)c1c(Cl)cccc1OCCc1n[nH]c(=O)o1. The fraction of sp³-hybridized carbons (Fsp3) is 0.160. The van der Waals surface area contributed by atoms with Crippen molar-refractivity contribution < 1.29 is 27.1 Å². The lowest BCUT2D eigenvalue weighted by atomic mass is 9.99. The van der Waals surface area contributed by atoms with Crippen LogP contribution in [0.1, 0.15) is 27.5 Å². The van der Waals surface area contributed by atoms with E-state index in [9.17, 15) is 28.0 Å². The Balaban J connectivity index is 1.63. The van der Waals surface area contributed by atoms with Gasteiger partial charge in [0.1, 0.15) is 17.1 Å². The van der Waals surface area contributed by atoms with Gasteiger partial charge in [-0.05, 0) is 36.4 Å². The van der Waals surface area contributed by atoms with Crippen molar-refractivity contribution in [3.8, 4) is 22.9 Å². The lowest BCUT2D eigenvalue weighted by Crippen LogP contribution is -2.27. The second-order valence-corrected chi connectivity index (χ2v) is 8.79. The number of H-pyrrole nitrogens is 1. The minimum Gasteiger partial charge on any atom is -0.491 e. The number of pyridine rings is 1. The van der Waals surface area contributed by atoms with Gasteiger partial charge in [-0.1, -0.05) is 29.3 Å². The molecule has 0 fully saturated rings. The van der Waals surface area contributed by atoms with Crippen LogP contribution in [0.4, 0.5) is 18.9 Å². The summed E-state index contributed by atoms with van der Waals surface area (Å²) in [6.07, 6.45) is -3.69. The number of hydrogen-bond donors (Lipinski definition) is 1. The number of ether oxygens (including phenoxy) is 1. The molecule has 0 atom stereocenters. The molecule has 0 spiro atoms. The first-order valence-electron chi connectivity index (χ1n) is 11.0. The topological polar surface area (TPSA) is 125 Å². The molecule has 200 valence electrons. The number of carbonyl (C=O) groups excluding carboxylic acids is 1. The molecule has 0 saturated heterocycles. The second kappa shape index (κ2) is 11.2. The number of nitriles is 1. The van der Waals surface area contributed by atoms with E-state index >= 15 is 0 Å². The molecular formula is C25H16Cl2F3N5O4. The summed E-state index contributed by atoms with van der Waals surface area (Å²) in [5.74, 6) is -0.863. The number of rotatable bonds is 7. The minimum absolute atomic E-state index is 0.0274. The third-order valence-electron chi connectivity index (χ3n) is 5.46. The van der Waals surface area contributed by atoms with E-state index in [4.69, 9.17) is 32.4 Å². The minimum atomic E-state index is -4.74. The summed E-state index contributed by atoms with van der Waals surface area (Å²) >= 11 is 12.7. The van der Waals surface area contributed by atoms with Gasteiger partial charge in [0.25, 0.3) is 5.91 Å². The zero-order valence-corrected chi connectivity index (χ0v) is 21.4. The Morgan fingerprint density at radius 3 is 2.62 bits per heavy atom. The third kappa shape index (κ3) is 6.05. The predicted octanol–water partition coefficient (Wildman–Crippen LogP) is 5.52. The van der Waals surface area contributed by atoms with Crippen LogP contribution in [0.3, 0.4) is 0 Å². The van der Waals surface area contributed by atoms with Gasteiger partial charge in [0, 0.05) is 35.0 Å². The molecule has 1 amide bonds. The maximum atomic E-state index is 13.5. The molecule has 39 heavy (non-hydrogen) atoms. The first kappa shape index (κ1) is 27.7. The molecule has 0 bridgehead atoms. The molecule has 2 heterocycles. The van der Waals surface area contributed by atoms with Gasteiger partial charge in [-0.15, -0.1) is 5.10 Å². The van der Waals surface area contributed by atoms with Gasteiger partial charge in [0.2, 0.25) is 5.89 Å². The normalized spacial score (nSPS) is 11.2. The highest BCUT2D eigenvalue weighted by Crippen LogP contribution is 2.38. The van der Waals surface area contributed by atoms with Crippen molar-refractivity contribution >= 4 is 34.8 Å². The lowest BCUT2D eigenvalue weighted by Gasteiger charge is -2.22. The number of alkyl halides is 3. The first-order chi connectivity index (χ1) is 18.5. The number of carbonyl (C=O) groups is 1. The zero-order chi connectivity index (χ0) is 28.3. The van der Waals surface area contributed by atoms with E-state index in [1.165, 1.54) is 30.1 Å². The summed E-state index contributed by atoms with van der Waals surface area (Å²) in [7, 11) is 1.46. The number of benzene rings is 2. The van der Waals surface area contributed by atoms with Gasteiger partial charge in [-0.25, -0.2) is 9.89 Å². The van der Waals surface area contributed by atoms with Gasteiger partial charge in [0.05, 0.1) is 29.7 Å². The van der Waals surface area contributed by atoms with Gasteiger partial charge < -0.3 is 14.1 Å². The average Bonchev–Trinajstić information content (AvgIpc) is 3.32. The molecule has 0 aliphatic heterocycles. The third-order valence-corrected chi connectivity index (χ3v) is 6.10. The summed E-state index contributed by atoms with van der Waals surface area (Å²) in [5, 5.41) is 15.6. The van der Waals surface area contributed by atoms with Crippen LogP contribution in [0.5, 0.6) is 5.75 Å². The number of aromatic amines is 1. The number of nitrogens with one attached hydrogen (secondary N) is 1. The second-order valence-electron chi connectivity index (χ2n) is 7.98. The van der Waals surface area contributed by atoms with E-state index in [-0.39, 0.29) is 62.7 Å². The molecule has 0 unspecified atom stereocenters. The summed E-state index contributed by atoms with van der Waals surface area (Å²) in [5.41, 5.74) is -1.04. The molecule has 14 heteroatoms. The number of aromatic nitrogens is 3. The summed E-state index contributed by atoms with van der Waals surface area (Å²) in [4.78, 5) is 29.2. The van der Waals surface area contributed by atoms with E-state index < -0.39 is 23.5 Å². The number of amides is 1. The molecule has 0 radical (unpaired) electrons. The number of hydrogen-bond acceptors (Lipinski definition) is 7. The van der Waals surface area contributed by atoms with Gasteiger partial charge in [-0.3, -0.25) is 9.78 Å². The van der Waals surface area contributed by atoms with E-state index in [1.54, 1.807) is 24.3 Å². The number of para-hydroxylation sites is 1. The van der Waals surface area contributed by atoms with Crippen LogP contribution >= 0.6 is 23.2 Å². The van der Waals surface area contributed by atoms with Gasteiger partial charge in [0.15, 0.2) is 0 Å². The standard InChI is InChI=1S/C25H16Cl2F3N5O4/c1-35(22-18(27)3-2-4-19(22)38-8-7-21-33-34-24(37)39-21)23(36)13-5-6-17(26)15(9-13)16-12-32-20(25(28,29)30)10-14(16)11-31/h2-6,9-10,12H,7-8H2,1H3,(H,34,37). The summed E-state index contributed by atoms with van der Waals surface area (Å²) < 4.78 is 49.8. The van der Waals surface area contributed by atoms with Crippen molar-refractivity contribution in [1.29, 1.82) is 5.26 Å². The Morgan fingerprint density at radius 2 is 1.95 bits per heavy atom. The number of halogens is 5. The Labute approximate surface area is 228 Å². The Hall–Kier alpha value is -4.34. The van der Waals surface area contributed by atoms with Crippen molar-refractivity contribution in [1.82, 2.24) is 15.2 Å². The van der Waals surface area contributed by atoms with E-state index in [1.807, 2.05) is 0 Å². The van der Waals surface area contributed by atoms with E-state index in [0.717, 1.165) is 6.20 Å². The highest BCUT2D eigenvalue weighted by molar-refractivity contribution is 6.35. The molecule has 1 N–H and O–H groups in total. The number of nitrogens with zero attached hydrogens (tertiary/aromatic N) is 4. The quantitative estimate of drug-likeness (QED) is 0.306. The van der Waals surface area contributed by atoms with Crippen molar-refractivity contribution in [2.75, 3.05) is 18.6 Å². The fourth-order valence-electron chi connectivity index (χ4n) is 3.63. The Kier molecular flexibility index (Phi) is 7.94. The Morgan fingerprint density at radius 1 is 1.18 bits per heavy atom. The van der Waals surface area contributed by atoms with Gasteiger partial charge in [-0.2, -0.15) is 18.4 Å². The average molecular weight is 578 g/mol. The van der Waals surface area contributed by atoms with Crippen LogP contribution in [0.25, 0.3) is 11.1 Å². The van der Waals surface area contributed by atoms with Crippen LogP contribution in [0.15, 0.2) is 57.9 Å². The monoisotopic (exact) mass is 577 g/mol. The largest absolute Gasteiger partial charge is 0.491 e. The molecule has 0 aliphatic rings. The van der Waals surface area contributed by atoms with Crippen molar-refractivity contribution in [3.05, 3.63) is 92.0 Å². The zero-order valence-electron chi connectivity index (χ0n) is 19.8. The first-order valence-corrected chi connectivity index (χ1v) is 11.8. The molecule has 4 rings (SSSR count). The molecule has 0 saturated carbocycles. The van der Waals surface area contributed by atoms with Crippen molar-refractivity contribution in [2.24, 2.45) is 0 Å². The van der Waals surface area contributed by atoms with E-state index in [2.05, 4.69) is 15.2 Å². The Bertz CT molecular complexity index is 1650. The van der Waals surface area contributed by atoms with Crippen LogP contribution in [-0.4, -0.2) is 34.7 Å². The molecule has 9 nitrogen and oxygen atoms in total. The molecule has 4 aromatic rings. The number of anilines is 1. The summed E-state index contributed by atoms with van der Waals surface area (Å²) in [6.45, 7) is 0.0477. The maximum absolute atomic E-state index is 13.5. The van der Waals surface area contributed by atoms with Crippen LogP contribution < -0.4 is 15.4 Å². The van der Waals surface area contributed by atoms with Crippen LogP contribution in [0, 0.1) is 11.3 Å². The summed E-state index contributed by atoms with van der Waals surface area (Å²) in [6, 6.07) is 11.3.